The third kappa shape index (κ3) is 3.43. The van der Waals surface area contributed by atoms with Crippen LogP contribution in [-0.2, 0) is 14.2 Å². The highest BCUT2D eigenvalue weighted by molar-refractivity contribution is 5.93. The number of esters is 1. The summed E-state index contributed by atoms with van der Waals surface area (Å²) in [6, 6.07) is 7.29. The largest absolute Gasteiger partial charge is 0.465 e. The van der Waals surface area contributed by atoms with E-state index in [2.05, 4.69) is 0 Å². The zero-order chi connectivity index (χ0) is 13.9. The van der Waals surface area contributed by atoms with Gasteiger partial charge in [-0.3, -0.25) is 0 Å². The van der Waals surface area contributed by atoms with Crippen molar-refractivity contribution >= 4 is 12.0 Å². The molecule has 1 fully saturated rings. The van der Waals surface area contributed by atoms with E-state index in [-0.39, 0.29) is 12.1 Å². The number of rotatable bonds is 3. The third-order valence-corrected chi connectivity index (χ3v) is 2.89. The highest BCUT2D eigenvalue weighted by Crippen LogP contribution is 2.23. The lowest BCUT2D eigenvalue weighted by Gasteiger charge is -2.15. The molecule has 19 heavy (non-hydrogen) atoms. The maximum absolute atomic E-state index is 11.6. The quantitative estimate of drug-likeness (QED) is 0.785. The van der Waals surface area contributed by atoms with Gasteiger partial charge >= 0.3 is 5.97 Å². The van der Waals surface area contributed by atoms with Crippen molar-refractivity contribution in [1.29, 1.82) is 0 Å². The molecular formula is C15H18O4. The summed E-state index contributed by atoms with van der Waals surface area (Å²) >= 11 is 0. The van der Waals surface area contributed by atoms with Crippen LogP contribution in [0, 0.1) is 0 Å². The summed E-state index contributed by atoms with van der Waals surface area (Å²) in [5, 5.41) is 0. The summed E-state index contributed by atoms with van der Waals surface area (Å²) in [4.78, 5) is 11.6. The SMILES string of the molecule is COC(=O)c1ccccc1/C=C\[C@H]1COC(C)(C)O1. The molecule has 0 N–H and O–H groups in total. The topological polar surface area (TPSA) is 44.8 Å². The van der Waals surface area contributed by atoms with Gasteiger partial charge in [0.15, 0.2) is 5.79 Å². The van der Waals surface area contributed by atoms with Gasteiger partial charge in [-0.05, 0) is 25.5 Å². The molecule has 0 amide bonds. The van der Waals surface area contributed by atoms with E-state index in [0.29, 0.717) is 12.2 Å². The monoisotopic (exact) mass is 262 g/mol. The molecule has 2 rings (SSSR count). The molecule has 1 aliphatic heterocycles. The van der Waals surface area contributed by atoms with E-state index in [9.17, 15) is 4.79 Å². The molecule has 1 aromatic carbocycles. The van der Waals surface area contributed by atoms with E-state index >= 15 is 0 Å². The van der Waals surface area contributed by atoms with Crippen LogP contribution in [0.15, 0.2) is 30.3 Å². The van der Waals surface area contributed by atoms with E-state index in [0.717, 1.165) is 5.56 Å². The first-order valence-electron chi connectivity index (χ1n) is 6.19. The van der Waals surface area contributed by atoms with Gasteiger partial charge in [-0.2, -0.15) is 0 Å². The molecule has 0 radical (unpaired) electrons. The fraction of sp³-hybridized carbons (Fsp3) is 0.400. The van der Waals surface area contributed by atoms with E-state index < -0.39 is 5.79 Å². The lowest BCUT2D eigenvalue weighted by molar-refractivity contribution is -0.133. The molecule has 1 atom stereocenters. The Morgan fingerprint density at radius 3 is 2.79 bits per heavy atom. The van der Waals surface area contributed by atoms with Crippen LogP contribution in [0.25, 0.3) is 6.08 Å². The number of methoxy groups -OCH3 is 1. The Bertz CT molecular complexity index is 491. The fourth-order valence-corrected chi connectivity index (χ4v) is 1.96. The average molecular weight is 262 g/mol. The maximum Gasteiger partial charge on any atom is 0.338 e. The van der Waals surface area contributed by atoms with E-state index in [4.69, 9.17) is 14.2 Å². The molecule has 0 aliphatic carbocycles. The Hall–Kier alpha value is -1.65. The van der Waals surface area contributed by atoms with E-state index in [1.807, 2.05) is 44.2 Å². The van der Waals surface area contributed by atoms with Crippen LogP contribution in [0.5, 0.6) is 0 Å². The van der Waals surface area contributed by atoms with Gasteiger partial charge in [0.1, 0.15) is 6.10 Å². The number of carbonyl (C=O) groups excluding carboxylic acids is 1. The van der Waals surface area contributed by atoms with Crippen LogP contribution in [0.2, 0.25) is 0 Å². The molecule has 1 aliphatic rings. The highest BCUT2D eigenvalue weighted by atomic mass is 16.7. The van der Waals surface area contributed by atoms with Gasteiger partial charge in [0, 0.05) is 0 Å². The first-order chi connectivity index (χ1) is 9.02. The molecule has 1 heterocycles. The van der Waals surface area contributed by atoms with Crippen LogP contribution >= 0.6 is 0 Å². The molecule has 102 valence electrons. The molecule has 4 nitrogen and oxygen atoms in total. The number of hydrogen-bond donors (Lipinski definition) is 0. The molecule has 0 aromatic heterocycles. The van der Waals surface area contributed by atoms with Gasteiger partial charge in [-0.15, -0.1) is 0 Å². The number of carbonyl (C=O) groups is 1. The summed E-state index contributed by atoms with van der Waals surface area (Å²) in [5.74, 6) is -0.888. The van der Waals surface area contributed by atoms with Gasteiger partial charge in [-0.25, -0.2) is 4.79 Å². The Labute approximate surface area is 113 Å². The standard InChI is InChI=1S/C15H18O4/c1-15(2)18-10-12(19-15)9-8-11-6-4-5-7-13(11)14(16)17-3/h4-9,12H,10H2,1-3H3/b9-8-/t12-/m0/s1. The van der Waals surface area contributed by atoms with Crippen molar-refractivity contribution < 1.29 is 19.0 Å². The average Bonchev–Trinajstić information content (AvgIpc) is 2.75. The molecule has 0 bridgehead atoms. The highest BCUT2D eigenvalue weighted by Gasteiger charge is 2.30. The first-order valence-corrected chi connectivity index (χ1v) is 6.19. The molecule has 0 unspecified atom stereocenters. The maximum atomic E-state index is 11.6. The van der Waals surface area contributed by atoms with Crippen molar-refractivity contribution in [2.75, 3.05) is 13.7 Å². The second-order valence-corrected chi connectivity index (χ2v) is 4.81. The number of hydrogen-bond acceptors (Lipinski definition) is 4. The minimum Gasteiger partial charge on any atom is -0.465 e. The lowest BCUT2D eigenvalue weighted by atomic mass is 10.1. The fourth-order valence-electron chi connectivity index (χ4n) is 1.96. The molecule has 1 saturated heterocycles. The first kappa shape index (κ1) is 13.8. The zero-order valence-electron chi connectivity index (χ0n) is 11.4. The van der Waals surface area contributed by atoms with Crippen LogP contribution in [-0.4, -0.2) is 31.6 Å². The summed E-state index contributed by atoms with van der Waals surface area (Å²) < 4.78 is 15.9. The molecule has 4 heteroatoms. The number of benzene rings is 1. The Balaban J connectivity index is 2.13. The Kier molecular flexibility index (Phi) is 4.02. The lowest BCUT2D eigenvalue weighted by Crippen LogP contribution is -2.20. The van der Waals surface area contributed by atoms with Crippen molar-refractivity contribution in [3.63, 3.8) is 0 Å². The van der Waals surface area contributed by atoms with Gasteiger partial charge in [0.2, 0.25) is 0 Å². The minimum atomic E-state index is -0.545. The van der Waals surface area contributed by atoms with Gasteiger partial charge in [0.05, 0.1) is 19.3 Å². The second kappa shape index (κ2) is 5.55. The second-order valence-electron chi connectivity index (χ2n) is 4.81. The van der Waals surface area contributed by atoms with Gasteiger partial charge in [-0.1, -0.05) is 30.4 Å². The summed E-state index contributed by atoms with van der Waals surface area (Å²) in [7, 11) is 1.37. The van der Waals surface area contributed by atoms with Crippen LogP contribution in [0.1, 0.15) is 29.8 Å². The predicted octanol–water partition coefficient (Wildman–Crippen LogP) is 2.64. The minimum absolute atomic E-state index is 0.0966. The van der Waals surface area contributed by atoms with Crippen molar-refractivity contribution in [3.8, 4) is 0 Å². The normalized spacial score (nSPS) is 21.7. The van der Waals surface area contributed by atoms with E-state index in [1.54, 1.807) is 6.07 Å². The smallest absolute Gasteiger partial charge is 0.338 e. The van der Waals surface area contributed by atoms with Gasteiger partial charge < -0.3 is 14.2 Å². The molecule has 1 aromatic rings. The summed E-state index contributed by atoms with van der Waals surface area (Å²) in [6.45, 7) is 4.27. The van der Waals surface area contributed by atoms with Crippen LogP contribution in [0.4, 0.5) is 0 Å². The van der Waals surface area contributed by atoms with Crippen molar-refractivity contribution in [1.82, 2.24) is 0 Å². The summed E-state index contributed by atoms with van der Waals surface area (Å²) in [6.07, 6.45) is 3.67. The third-order valence-electron chi connectivity index (χ3n) is 2.89. The number of ether oxygens (including phenoxy) is 3. The van der Waals surface area contributed by atoms with Crippen molar-refractivity contribution in [2.24, 2.45) is 0 Å². The van der Waals surface area contributed by atoms with E-state index in [1.165, 1.54) is 7.11 Å². The van der Waals surface area contributed by atoms with Crippen molar-refractivity contribution in [3.05, 3.63) is 41.5 Å². The Morgan fingerprint density at radius 2 is 2.16 bits per heavy atom. The molecule has 0 saturated carbocycles. The van der Waals surface area contributed by atoms with Gasteiger partial charge in [0.25, 0.3) is 0 Å². The van der Waals surface area contributed by atoms with Crippen LogP contribution in [0.3, 0.4) is 0 Å². The zero-order valence-corrected chi connectivity index (χ0v) is 11.4. The Morgan fingerprint density at radius 1 is 1.42 bits per heavy atom. The van der Waals surface area contributed by atoms with Crippen molar-refractivity contribution in [2.45, 2.75) is 25.7 Å². The van der Waals surface area contributed by atoms with Crippen LogP contribution < -0.4 is 0 Å². The molecular weight excluding hydrogens is 244 g/mol. The predicted molar refractivity (Wildman–Crippen MR) is 71.7 cm³/mol. The molecule has 0 spiro atoms. The summed E-state index contributed by atoms with van der Waals surface area (Å²) in [5.41, 5.74) is 1.35.